The first-order chi connectivity index (χ1) is 10.6. The molecule has 2 atom stereocenters. The van der Waals surface area contributed by atoms with Crippen molar-refractivity contribution in [2.75, 3.05) is 32.7 Å². The SMILES string of the molecule is CC1CCN(C(=O)C(=O)N2CCC(CCN)C2)CC12CCC2. The number of hydrogen-bond donors (Lipinski definition) is 1. The van der Waals surface area contributed by atoms with E-state index in [1.165, 1.54) is 19.3 Å². The van der Waals surface area contributed by atoms with Crippen LogP contribution in [0.1, 0.15) is 45.4 Å². The Labute approximate surface area is 133 Å². The summed E-state index contributed by atoms with van der Waals surface area (Å²) in [5, 5.41) is 0. The minimum absolute atomic E-state index is 0.272. The monoisotopic (exact) mass is 307 g/mol. The van der Waals surface area contributed by atoms with Crippen LogP contribution in [0.4, 0.5) is 0 Å². The van der Waals surface area contributed by atoms with Crippen molar-refractivity contribution in [3.8, 4) is 0 Å². The predicted molar refractivity (Wildman–Crippen MR) is 85.0 cm³/mol. The molecule has 2 heterocycles. The lowest BCUT2D eigenvalue weighted by Crippen LogP contribution is -2.56. The summed E-state index contributed by atoms with van der Waals surface area (Å²) in [7, 11) is 0. The van der Waals surface area contributed by atoms with Crippen LogP contribution in [-0.2, 0) is 9.59 Å². The van der Waals surface area contributed by atoms with Crippen LogP contribution in [0.5, 0.6) is 0 Å². The van der Waals surface area contributed by atoms with E-state index < -0.39 is 0 Å². The number of carbonyl (C=O) groups is 2. The summed E-state index contributed by atoms with van der Waals surface area (Å²) in [4.78, 5) is 28.7. The quantitative estimate of drug-likeness (QED) is 0.780. The number of nitrogens with zero attached hydrogens (tertiary/aromatic N) is 2. The minimum Gasteiger partial charge on any atom is -0.334 e. The third kappa shape index (κ3) is 2.75. The van der Waals surface area contributed by atoms with Crippen LogP contribution in [0, 0.1) is 17.3 Å². The van der Waals surface area contributed by atoms with Crippen molar-refractivity contribution < 1.29 is 9.59 Å². The van der Waals surface area contributed by atoms with Gasteiger partial charge in [0.25, 0.3) is 0 Å². The number of likely N-dealkylation sites (tertiary alicyclic amines) is 2. The van der Waals surface area contributed by atoms with E-state index >= 15 is 0 Å². The van der Waals surface area contributed by atoms with Gasteiger partial charge in [-0.15, -0.1) is 0 Å². The van der Waals surface area contributed by atoms with Gasteiger partial charge < -0.3 is 15.5 Å². The van der Waals surface area contributed by atoms with E-state index in [0.29, 0.717) is 36.9 Å². The highest BCUT2D eigenvalue weighted by Crippen LogP contribution is 2.50. The van der Waals surface area contributed by atoms with Crippen LogP contribution >= 0.6 is 0 Å². The van der Waals surface area contributed by atoms with Crippen molar-refractivity contribution in [2.24, 2.45) is 23.0 Å². The highest BCUT2D eigenvalue weighted by atomic mass is 16.2. The van der Waals surface area contributed by atoms with E-state index in [0.717, 1.165) is 32.4 Å². The average molecular weight is 307 g/mol. The first kappa shape index (κ1) is 15.8. The van der Waals surface area contributed by atoms with Gasteiger partial charge in [-0.25, -0.2) is 0 Å². The van der Waals surface area contributed by atoms with Crippen molar-refractivity contribution in [1.82, 2.24) is 9.80 Å². The number of carbonyl (C=O) groups excluding carboxylic acids is 2. The van der Waals surface area contributed by atoms with Gasteiger partial charge in [0.05, 0.1) is 0 Å². The molecule has 3 aliphatic rings. The maximum absolute atomic E-state index is 12.6. The van der Waals surface area contributed by atoms with Gasteiger partial charge in [-0.05, 0) is 55.9 Å². The molecule has 0 aromatic rings. The van der Waals surface area contributed by atoms with Gasteiger partial charge in [-0.2, -0.15) is 0 Å². The summed E-state index contributed by atoms with van der Waals surface area (Å²) in [6, 6.07) is 0. The van der Waals surface area contributed by atoms with Crippen molar-refractivity contribution in [2.45, 2.75) is 45.4 Å². The zero-order valence-electron chi connectivity index (χ0n) is 13.7. The summed E-state index contributed by atoms with van der Waals surface area (Å²) >= 11 is 0. The predicted octanol–water partition coefficient (Wildman–Crippen LogP) is 1.22. The molecule has 22 heavy (non-hydrogen) atoms. The third-order valence-corrected chi connectivity index (χ3v) is 6.35. The molecule has 2 N–H and O–H groups in total. The molecule has 3 rings (SSSR count). The second kappa shape index (κ2) is 6.19. The fourth-order valence-electron chi connectivity index (χ4n) is 4.48. The molecule has 2 unspecified atom stereocenters. The lowest BCUT2D eigenvalue weighted by molar-refractivity contribution is -0.155. The minimum atomic E-state index is -0.288. The van der Waals surface area contributed by atoms with E-state index in [2.05, 4.69) is 6.92 Å². The van der Waals surface area contributed by atoms with Gasteiger partial charge in [0.2, 0.25) is 0 Å². The number of piperidine rings is 1. The van der Waals surface area contributed by atoms with Crippen LogP contribution in [0.25, 0.3) is 0 Å². The Bertz CT molecular complexity index is 447. The maximum Gasteiger partial charge on any atom is 0.312 e. The topological polar surface area (TPSA) is 66.6 Å². The second-order valence-corrected chi connectivity index (χ2v) is 7.62. The zero-order valence-corrected chi connectivity index (χ0v) is 13.7. The number of amides is 2. The first-order valence-corrected chi connectivity index (χ1v) is 8.84. The normalized spacial score (nSPS) is 30.5. The van der Waals surface area contributed by atoms with Crippen LogP contribution in [0.2, 0.25) is 0 Å². The fourth-order valence-corrected chi connectivity index (χ4v) is 4.48. The summed E-state index contributed by atoms with van der Waals surface area (Å²) in [5.74, 6) is 0.595. The Hall–Kier alpha value is -1.10. The summed E-state index contributed by atoms with van der Waals surface area (Å²) in [6.07, 6.45) is 6.67. The van der Waals surface area contributed by atoms with Crippen LogP contribution in [0.3, 0.4) is 0 Å². The molecule has 3 fully saturated rings. The van der Waals surface area contributed by atoms with Crippen LogP contribution in [-0.4, -0.2) is 54.3 Å². The van der Waals surface area contributed by atoms with Gasteiger partial charge >= 0.3 is 11.8 Å². The summed E-state index contributed by atoms with van der Waals surface area (Å²) < 4.78 is 0. The van der Waals surface area contributed by atoms with Crippen molar-refractivity contribution >= 4 is 11.8 Å². The molecule has 0 aromatic carbocycles. The molecular formula is C17H29N3O2. The Balaban J connectivity index is 1.58. The molecule has 2 aliphatic heterocycles. The van der Waals surface area contributed by atoms with Crippen molar-refractivity contribution in [3.05, 3.63) is 0 Å². The molecule has 2 saturated heterocycles. The first-order valence-electron chi connectivity index (χ1n) is 8.84. The molecular weight excluding hydrogens is 278 g/mol. The van der Waals surface area contributed by atoms with E-state index in [9.17, 15) is 9.59 Å². The molecule has 124 valence electrons. The maximum atomic E-state index is 12.6. The molecule has 5 heteroatoms. The van der Waals surface area contributed by atoms with Gasteiger partial charge in [-0.1, -0.05) is 13.3 Å². The van der Waals surface area contributed by atoms with Crippen LogP contribution in [0.15, 0.2) is 0 Å². The standard InChI is InChI=1S/C17H29N3O2/c1-13-4-9-20(12-17(13)6-2-7-17)16(22)15(21)19-10-5-14(11-19)3-8-18/h13-14H,2-12,18H2,1H3. The lowest BCUT2D eigenvalue weighted by atomic mass is 9.59. The molecule has 0 bridgehead atoms. The van der Waals surface area contributed by atoms with Gasteiger partial charge in [0.15, 0.2) is 0 Å². The average Bonchev–Trinajstić information content (AvgIpc) is 2.93. The fraction of sp³-hybridized carbons (Fsp3) is 0.882. The highest BCUT2D eigenvalue weighted by molar-refractivity contribution is 6.35. The van der Waals surface area contributed by atoms with Gasteiger partial charge in [-0.3, -0.25) is 9.59 Å². The summed E-state index contributed by atoms with van der Waals surface area (Å²) in [5.41, 5.74) is 5.90. The van der Waals surface area contributed by atoms with Gasteiger partial charge in [0, 0.05) is 26.2 Å². The molecule has 1 saturated carbocycles. The largest absolute Gasteiger partial charge is 0.334 e. The van der Waals surface area contributed by atoms with Crippen LogP contribution < -0.4 is 5.73 Å². The number of hydrogen-bond acceptors (Lipinski definition) is 3. The zero-order chi connectivity index (χ0) is 15.7. The third-order valence-electron chi connectivity index (χ3n) is 6.35. The van der Waals surface area contributed by atoms with E-state index in [4.69, 9.17) is 5.73 Å². The number of rotatable bonds is 2. The van der Waals surface area contributed by atoms with E-state index in [-0.39, 0.29) is 11.8 Å². The lowest BCUT2D eigenvalue weighted by Gasteiger charge is -2.53. The Morgan fingerprint density at radius 1 is 1.14 bits per heavy atom. The van der Waals surface area contributed by atoms with Crippen molar-refractivity contribution in [1.29, 1.82) is 0 Å². The van der Waals surface area contributed by atoms with Crippen molar-refractivity contribution in [3.63, 3.8) is 0 Å². The molecule has 1 aliphatic carbocycles. The number of nitrogens with two attached hydrogens (primary N) is 1. The summed E-state index contributed by atoms with van der Waals surface area (Å²) in [6.45, 7) is 5.92. The molecule has 1 spiro atoms. The smallest absolute Gasteiger partial charge is 0.312 e. The highest BCUT2D eigenvalue weighted by Gasteiger charge is 2.47. The van der Waals surface area contributed by atoms with E-state index in [1.807, 2.05) is 4.90 Å². The van der Waals surface area contributed by atoms with Gasteiger partial charge in [0.1, 0.15) is 0 Å². The Kier molecular flexibility index (Phi) is 4.44. The molecule has 2 amide bonds. The Morgan fingerprint density at radius 2 is 1.82 bits per heavy atom. The second-order valence-electron chi connectivity index (χ2n) is 7.62. The molecule has 0 radical (unpaired) electrons. The molecule has 5 nitrogen and oxygen atoms in total. The van der Waals surface area contributed by atoms with E-state index in [1.54, 1.807) is 4.90 Å². The molecule has 0 aromatic heterocycles. The Morgan fingerprint density at radius 3 is 2.45 bits per heavy atom.